The van der Waals surface area contributed by atoms with Gasteiger partial charge in [-0.05, 0) is 36.2 Å². The maximum absolute atomic E-state index is 12.5. The third kappa shape index (κ3) is 6.50. The zero-order valence-electron chi connectivity index (χ0n) is 22.0. The van der Waals surface area contributed by atoms with Gasteiger partial charge in [-0.25, -0.2) is 28.4 Å². The Morgan fingerprint density at radius 2 is 1.92 bits per heavy atom. The van der Waals surface area contributed by atoms with Crippen molar-refractivity contribution >= 4 is 32.8 Å². The van der Waals surface area contributed by atoms with E-state index in [1.165, 1.54) is 6.33 Å². The van der Waals surface area contributed by atoms with Crippen molar-refractivity contribution in [2.24, 2.45) is 0 Å². The Labute approximate surface area is 227 Å². The zero-order valence-corrected chi connectivity index (χ0v) is 22.8. The fourth-order valence-electron chi connectivity index (χ4n) is 4.60. The van der Waals surface area contributed by atoms with Crippen molar-refractivity contribution in [1.82, 2.24) is 34.1 Å². The van der Waals surface area contributed by atoms with Crippen molar-refractivity contribution < 1.29 is 17.9 Å². The summed E-state index contributed by atoms with van der Waals surface area (Å²) in [5, 5.41) is 3.26. The Balaban J connectivity index is 1.21. The SMILES string of the molecule is COCCCS(=O)(=O)N1CCN(Cc2ccnc(Nc3nc4ccc(-c5ncncc5OC)cc4[nH]3)c2)CC1. The van der Waals surface area contributed by atoms with Crippen molar-refractivity contribution in [2.45, 2.75) is 13.0 Å². The molecule has 1 fully saturated rings. The van der Waals surface area contributed by atoms with E-state index in [0.717, 1.165) is 22.2 Å². The molecule has 4 aromatic rings. The Hall–Kier alpha value is -3.65. The molecule has 5 rings (SSSR count). The maximum atomic E-state index is 12.5. The summed E-state index contributed by atoms with van der Waals surface area (Å²) < 4.78 is 37.1. The number of nitrogens with zero attached hydrogens (tertiary/aromatic N) is 6. The van der Waals surface area contributed by atoms with Gasteiger partial charge in [0.05, 0.1) is 30.1 Å². The highest BCUT2D eigenvalue weighted by Gasteiger charge is 2.26. The van der Waals surface area contributed by atoms with Crippen molar-refractivity contribution in [3.63, 3.8) is 0 Å². The van der Waals surface area contributed by atoms with Crippen LogP contribution in [0.4, 0.5) is 11.8 Å². The first-order chi connectivity index (χ1) is 18.9. The largest absolute Gasteiger partial charge is 0.493 e. The summed E-state index contributed by atoms with van der Waals surface area (Å²) in [4.78, 5) is 23.0. The molecule has 0 saturated carbocycles. The molecule has 0 radical (unpaired) electrons. The third-order valence-electron chi connectivity index (χ3n) is 6.61. The fourth-order valence-corrected chi connectivity index (χ4v) is 6.06. The van der Waals surface area contributed by atoms with E-state index in [-0.39, 0.29) is 5.75 Å². The number of ether oxygens (including phenoxy) is 2. The molecular formula is C26H32N8O4S. The molecule has 13 heteroatoms. The molecule has 2 N–H and O–H groups in total. The van der Waals surface area contributed by atoms with Crippen LogP contribution in [-0.2, 0) is 21.3 Å². The highest BCUT2D eigenvalue weighted by Crippen LogP contribution is 2.29. The van der Waals surface area contributed by atoms with Gasteiger partial charge in [-0.3, -0.25) is 4.90 Å². The second-order valence-corrected chi connectivity index (χ2v) is 11.4. The summed E-state index contributed by atoms with van der Waals surface area (Å²) in [6.07, 6.45) is 5.40. The number of methoxy groups -OCH3 is 2. The van der Waals surface area contributed by atoms with E-state index in [4.69, 9.17) is 9.47 Å². The second-order valence-electron chi connectivity index (χ2n) is 9.27. The molecule has 0 atom stereocenters. The summed E-state index contributed by atoms with van der Waals surface area (Å²) in [6.45, 7) is 3.50. The lowest BCUT2D eigenvalue weighted by Gasteiger charge is -2.34. The maximum Gasteiger partial charge on any atom is 0.214 e. The van der Waals surface area contributed by atoms with E-state index in [9.17, 15) is 8.42 Å². The quantitative estimate of drug-likeness (QED) is 0.267. The lowest BCUT2D eigenvalue weighted by Crippen LogP contribution is -2.48. The molecule has 1 aromatic carbocycles. The minimum atomic E-state index is -3.24. The number of piperazine rings is 1. The van der Waals surface area contributed by atoms with Crippen molar-refractivity contribution in [3.05, 3.63) is 54.6 Å². The Morgan fingerprint density at radius 3 is 2.72 bits per heavy atom. The lowest BCUT2D eigenvalue weighted by atomic mass is 10.1. The number of rotatable bonds is 11. The predicted molar refractivity (Wildman–Crippen MR) is 148 cm³/mol. The van der Waals surface area contributed by atoms with Crippen LogP contribution in [0.2, 0.25) is 0 Å². The summed E-state index contributed by atoms with van der Waals surface area (Å²) >= 11 is 0. The summed E-state index contributed by atoms with van der Waals surface area (Å²) in [5.41, 5.74) is 4.33. The van der Waals surface area contributed by atoms with Gasteiger partial charge in [0.2, 0.25) is 16.0 Å². The van der Waals surface area contributed by atoms with Gasteiger partial charge in [-0.15, -0.1) is 0 Å². The van der Waals surface area contributed by atoms with Crippen LogP contribution in [-0.4, -0.2) is 95.3 Å². The number of aromatic amines is 1. The highest BCUT2D eigenvalue weighted by atomic mass is 32.2. The average Bonchev–Trinajstić information content (AvgIpc) is 3.35. The van der Waals surface area contributed by atoms with Gasteiger partial charge in [-0.2, -0.15) is 4.31 Å². The van der Waals surface area contributed by atoms with Crippen LogP contribution < -0.4 is 10.1 Å². The van der Waals surface area contributed by atoms with Gasteiger partial charge < -0.3 is 19.8 Å². The normalized spacial score (nSPS) is 15.0. The topological polar surface area (TPSA) is 138 Å². The molecule has 0 spiro atoms. The standard InChI is InChI=1S/C26H32N8O4S/c1-37-12-3-13-39(35,36)34-10-8-33(9-11-34)17-19-6-7-28-24(14-19)32-26-30-21-5-4-20(15-22(21)31-26)25-23(38-2)16-27-18-29-25/h4-7,14-16,18H,3,8-13,17H2,1-2H3,(H2,28,30,31,32). The van der Waals surface area contributed by atoms with E-state index in [2.05, 4.69) is 35.1 Å². The molecule has 3 aromatic heterocycles. The van der Waals surface area contributed by atoms with E-state index < -0.39 is 10.0 Å². The molecule has 1 aliphatic heterocycles. The Kier molecular flexibility index (Phi) is 8.31. The summed E-state index contributed by atoms with van der Waals surface area (Å²) in [6, 6.07) is 9.80. The molecule has 1 aliphatic rings. The van der Waals surface area contributed by atoms with Gasteiger partial charge >= 0.3 is 0 Å². The van der Waals surface area contributed by atoms with Crippen LogP contribution in [0.1, 0.15) is 12.0 Å². The summed E-state index contributed by atoms with van der Waals surface area (Å²) in [7, 11) is -0.0683. The number of H-pyrrole nitrogens is 1. The molecule has 0 bridgehead atoms. The molecule has 0 amide bonds. The first kappa shape index (κ1) is 26.9. The number of benzene rings is 1. The predicted octanol–water partition coefficient (Wildman–Crippen LogP) is 2.65. The van der Waals surface area contributed by atoms with Crippen molar-refractivity contribution in [3.8, 4) is 17.0 Å². The molecule has 0 aliphatic carbocycles. The number of imidazole rings is 1. The van der Waals surface area contributed by atoms with Crippen LogP contribution in [0.25, 0.3) is 22.3 Å². The number of aromatic nitrogens is 5. The van der Waals surface area contributed by atoms with Crippen LogP contribution in [0.5, 0.6) is 5.75 Å². The number of sulfonamides is 1. The minimum Gasteiger partial charge on any atom is -0.493 e. The molecular weight excluding hydrogens is 520 g/mol. The summed E-state index contributed by atoms with van der Waals surface area (Å²) in [5.74, 6) is 1.97. The smallest absolute Gasteiger partial charge is 0.214 e. The molecule has 39 heavy (non-hydrogen) atoms. The first-order valence-corrected chi connectivity index (χ1v) is 14.3. The first-order valence-electron chi connectivity index (χ1n) is 12.7. The van der Waals surface area contributed by atoms with Crippen molar-refractivity contribution in [2.75, 3.05) is 58.1 Å². The minimum absolute atomic E-state index is 0.123. The lowest BCUT2D eigenvalue weighted by molar-refractivity contribution is 0.179. The van der Waals surface area contributed by atoms with Crippen LogP contribution in [0.15, 0.2) is 49.1 Å². The van der Waals surface area contributed by atoms with Gasteiger partial charge in [0.15, 0.2) is 5.75 Å². The number of pyridine rings is 1. The van der Waals surface area contributed by atoms with Crippen molar-refractivity contribution in [1.29, 1.82) is 0 Å². The fraction of sp³-hybridized carbons (Fsp3) is 0.385. The molecule has 206 valence electrons. The van der Waals surface area contributed by atoms with Crippen LogP contribution in [0.3, 0.4) is 0 Å². The van der Waals surface area contributed by atoms with Crippen LogP contribution >= 0.6 is 0 Å². The van der Waals surface area contributed by atoms with Crippen LogP contribution in [0, 0.1) is 0 Å². The monoisotopic (exact) mass is 552 g/mol. The number of hydrogen-bond acceptors (Lipinski definition) is 10. The number of nitrogens with one attached hydrogen (secondary N) is 2. The van der Waals surface area contributed by atoms with E-state index in [0.29, 0.717) is 69.0 Å². The van der Waals surface area contributed by atoms with E-state index in [1.54, 1.807) is 30.9 Å². The highest BCUT2D eigenvalue weighted by molar-refractivity contribution is 7.89. The number of hydrogen-bond donors (Lipinski definition) is 2. The zero-order chi connectivity index (χ0) is 27.2. The molecule has 4 heterocycles. The molecule has 12 nitrogen and oxygen atoms in total. The Bertz CT molecular complexity index is 1520. The van der Waals surface area contributed by atoms with E-state index in [1.807, 2.05) is 30.3 Å². The number of fused-ring (bicyclic) bond motifs is 1. The Morgan fingerprint density at radius 1 is 1.08 bits per heavy atom. The van der Waals surface area contributed by atoms with Gasteiger partial charge in [0.25, 0.3) is 0 Å². The molecule has 0 unspecified atom stereocenters. The number of anilines is 2. The van der Waals surface area contributed by atoms with Gasteiger partial charge in [-0.1, -0.05) is 6.07 Å². The molecule has 1 saturated heterocycles. The third-order valence-corrected chi connectivity index (χ3v) is 8.56. The van der Waals surface area contributed by atoms with Gasteiger partial charge in [0.1, 0.15) is 17.8 Å². The average molecular weight is 553 g/mol. The van der Waals surface area contributed by atoms with Gasteiger partial charge in [0, 0.05) is 58.2 Å². The van der Waals surface area contributed by atoms with E-state index >= 15 is 0 Å². The second kappa shape index (κ2) is 12.0.